The van der Waals surface area contributed by atoms with Gasteiger partial charge in [-0.15, -0.1) is 0 Å². The van der Waals surface area contributed by atoms with Gasteiger partial charge in [0, 0.05) is 17.8 Å². The van der Waals surface area contributed by atoms with Gasteiger partial charge in [-0.3, -0.25) is 9.52 Å². The van der Waals surface area contributed by atoms with Crippen LogP contribution in [0.3, 0.4) is 0 Å². The van der Waals surface area contributed by atoms with Crippen molar-refractivity contribution in [2.75, 3.05) is 24.1 Å². The molecule has 2 aromatic carbocycles. The summed E-state index contributed by atoms with van der Waals surface area (Å²) in [5.74, 6) is -0.585. The van der Waals surface area contributed by atoms with Gasteiger partial charge in [0.1, 0.15) is 0 Å². The molecule has 0 unspecified atom stereocenters. The van der Waals surface area contributed by atoms with E-state index in [1.165, 1.54) is 18.2 Å². The number of para-hydroxylation sites is 1. The molecular formula is C17H19FN2O4S. The molecule has 2 N–H and O–H groups in total. The van der Waals surface area contributed by atoms with Crippen molar-refractivity contribution in [3.63, 3.8) is 0 Å². The highest BCUT2D eigenvalue weighted by molar-refractivity contribution is 7.92. The Hall–Kier alpha value is -2.61. The maximum absolute atomic E-state index is 13.4. The van der Waals surface area contributed by atoms with Gasteiger partial charge in [0.05, 0.1) is 12.9 Å². The quantitative estimate of drug-likeness (QED) is 0.703. The molecule has 134 valence electrons. The number of amides is 1. The van der Waals surface area contributed by atoms with Crippen LogP contribution >= 0.6 is 0 Å². The predicted octanol–water partition coefficient (Wildman–Crippen LogP) is 2.40. The van der Waals surface area contributed by atoms with Crippen LogP contribution in [0.15, 0.2) is 48.5 Å². The van der Waals surface area contributed by atoms with Gasteiger partial charge in [-0.1, -0.05) is 18.2 Å². The molecule has 0 aromatic heterocycles. The van der Waals surface area contributed by atoms with Crippen LogP contribution in [0.5, 0.6) is 5.75 Å². The van der Waals surface area contributed by atoms with Gasteiger partial charge >= 0.3 is 0 Å². The van der Waals surface area contributed by atoms with Crippen LogP contribution in [0.1, 0.15) is 16.8 Å². The minimum absolute atomic E-state index is 0.174. The number of hydrogen-bond donors (Lipinski definition) is 2. The van der Waals surface area contributed by atoms with Crippen LogP contribution < -0.4 is 14.8 Å². The summed E-state index contributed by atoms with van der Waals surface area (Å²) >= 11 is 0. The molecule has 0 spiro atoms. The minimum atomic E-state index is -3.40. The Bertz CT molecular complexity index is 840. The first kappa shape index (κ1) is 18.7. The van der Waals surface area contributed by atoms with E-state index in [0.29, 0.717) is 24.2 Å². The van der Waals surface area contributed by atoms with Gasteiger partial charge < -0.3 is 10.1 Å². The van der Waals surface area contributed by atoms with Crippen LogP contribution in [0, 0.1) is 5.82 Å². The Morgan fingerprint density at radius 2 is 1.92 bits per heavy atom. The Balaban J connectivity index is 1.79. The number of nitrogens with one attached hydrogen (secondary N) is 2. The van der Waals surface area contributed by atoms with Gasteiger partial charge in [0.2, 0.25) is 10.0 Å². The number of sulfonamides is 1. The van der Waals surface area contributed by atoms with Crippen molar-refractivity contribution in [3.8, 4) is 5.75 Å². The number of halogens is 1. The minimum Gasteiger partial charge on any atom is -0.490 e. The number of benzene rings is 2. The Morgan fingerprint density at radius 3 is 2.64 bits per heavy atom. The molecule has 0 saturated carbocycles. The second-order valence-corrected chi connectivity index (χ2v) is 7.09. The lowest BCUT2D eigenvalue weighted by Gasteiger charge is -2.09. The van der Waals surface area contributed by atoms with Gasteiger partial charge in [0.15, 0.2) is 11.6 Å². The average molecular weight is 366 g/mol. The number of carbonyl (C=O) groups excluding carboxylic acids is 1. The zero-order chi connectivity index (χ0) is 18.3. The van der Waals surface area contributed by atoms with Gasteiger partial charge in [-0.05, 0) is 36.8 Å². The van der Waals surface area contributed by atoms with Crippen LogP contribution in [-0.4, -0.2) is 33.7 Å². The molecule has 0 aliphatic carbocycles. The first-order valence-corrected chi connectivity index (χ1v) is 9.48. The molecule has 0 heterocycles. The third kappa shape index (κ3) is 6.42. The lowest BCUT2D eigenvalue weighted by Crippen LogP contribution is -2.25. The summed E-state index contributed by atoms with van der Waals surface area (Å²) in [7, 11) is -3.40. The number of hydrogen-bond acceptors (Lipinski definition) is 4. The first-order valence-electron chi connectivity index (χ1n) is 7.58. The molecule has 8 heteroatoms. The number of ether oxygens (including phenoxy) is 1. The van der Waals surface area contributed by atoms with E-state index < -0.39 is 15.8 Å². The maximum Gasteiger partial charge on any atom is 0.251 e. The monoisotopic (exact) mass is 366 g/mol. The van der Waals surface area contributed by atoms with E-state index in [1.807, 2.05) is 0 Å². The molecule has 2 aromatic rings. The summed E-state index contributed by atoms with van der Waals surface area (Å²) in [4.78, 5) is 12.1. The summed E-state index contributed by atoms with van der Waals surface area (Å²) in [5, 5.41) is 2.70. The van der Waals surface area contributed by atoms with E-state index >= 15 is 0 Å². The summed E-state index contributed by atoms with van der Waals surface area (Å²) in [5.41, 5.74) is 0.654. The lowest BCUT2D eigenvalue weighted by molar-refractivity contribution is 0.0951. The Labute approximate surface area is 146 Å². The fourth-order valence-electron chi connectivity index (χ4n) is 2.06. The topological polar surface area (TPSA) is 84.5 Å². The van der Waals surface area contributed by atoms with E-state index in [1.54, 1.807) is 30.3 Å². The summed E-state index contributed by atoms with van der Waals surface area (Å²) in [6.07, 6.45) is 1.54. The fourth-order valence-corrected chi connectivity index (χ4v) is 2.61. The van der Waals surface area contributed by atoms with Crippen molar-refractivity contribution in [1.29, 1.82) is 0 Å². The van der Waals surface area contributed by atoms with Crippen molar-refractivity contribution in [2.45, 2.75) is 6.42 Å². The maximum atomic E-state index is 13.4. The highest BCUT2D eigenvalue weighted by Gasteiger charge is 2.08. The van der Waals surface area contributed by atoms with Crippen LogP contribution in [0.2, 0.25) is 0 Å². The molecule has 0 radical (unpaired) electrons. The molecule has 0 saturated heterocycles. The van der Waals surface area contributed by atoms with Crippen molar-refractivity contribution in [1.82, 2.24) is 5.32 Å². The predicted molar refractivity (Wildman–Crippen MR) is 93.8 cm³/mol. The summed E-state index contributed by atoms with van der Waals surface area (Å²) in [6, 6.07) is 12.3. The average Bonchev–Trinajstić information content (AvgIpc) is 2.54. The largest absolute Gasteiger partial charge is 0.490 e. The second-order valence-electron chi connectivity index (χ2n) is 5.34. The number of rotatable bonds is 8. The van der Waals surface area contributed by atoms with Crippen molar-refractivity contribution >= 4 is 21.6 Å². The molecule has 0 atom stereocenters. The smallest absolute Gasteiger partial charge is 0.251 e. The van der Waals surface area contributed by atoms with E-state index in [9.17, 15) is 17.6 Å². The van der Waals surface area contributed by atoms with Crippen molar-refractivity contribution in [3.05, 3.63) is 59.9 Å². The van der Waals surface area contributed by atoms with Crippen molar-refractivity contribution < 1.29 is 22.3 Å². The second kappa shape index (κ2) is 8.48. The third-order valence-electron chi connectivity index (χ3n) is 3.13. The van der Waals surface area contributed by atoms with Crippen LogP contribution in [0.25, 0.3) is 0 Å². The van der Waals surface area contributed by atoms with Crippen molar-refractivity contribution in [2.24, 2.45) is 0 Å². The summed E-state index contributed by atoms with van der Waals surface area (Å²) in [6.45, 7) is 0.605. The molecule has 2 rings (SSSR count). The molecule has 0 aliphatic heterocycles. The van der Waals surface area contributed by atoms with E-state index in [4.69, 9.17) is 4.74 Å². The molecule has 6 nitrogen and oxygen atoms in total. The van der Waals surface area contributed by atoms with Crippen LogP contribution in [0.4, 0.5) is 10.1 Å². The zero-order valence-electron chi connectivity index (χ0n) is 13.7. The fraction of sp³-hybridized carbons (Fsp3) is 0.235. The third-order valence-corrected chi connectivity index (χ3v) is 3.74. The molecule has 0 aliphatic rings. The lowest BCUT2D eigenvalue weighted by atomic mass is 10.2. The molecule has 0 bridgehead atoms. The van der Waals surface area contributed by atoms with Gasteiger partial charge in [-0.25, -0.2) is 12.8 Å². The number of anilines is 1. The SMILES string of the molecule is CS(=O)(=O)Nc1cccc(C(=O)NCCCOc2ccccc2F)c1. The molecule has 25 heavy (non-hydrogen) atoms. The van der Waals surface area contributed by atoms with E-state index in [0.717, 1.165) is 6.26 Å². The molecular weight excluding hydrogens is 347 g/mol. The highest BCUT2D eigenvalue weighted by Crippen LogP contribution is 2.15. The first-order chi connectivity index (χ1) is 11.8. The Morgan fingerprint density at radius 1 is 1.16 bits per heavy atom. The summed E-state index contributed by atoms with van der Waals surface area (Å²) < 4.78 is 43.4. The molecule has 0 fully saturated rings. The molecule has 1 amide bonds. The van der Waals surface area contributed by atoms with Gasteiger partial charge in [0.25, 0.3) is 5.91 Å². The number of carbonyl (C=O) groups is 1. The normalized spacial score (nSPS) is 11.0. The van der Waals surface area contributed by atoms with E-state index in [-0.39, 0.29) is 18.3 Å². The highest BCUT2D eigenvalue weighted by atomic mass is 32.2. The van der Waals surface area contributed by atoms with Crippen LogP contribution in [-0.2, 0) is 10.0 Å². The van der Waals surface area contributed by atoms with Gasteiger partial charge in [-0.2, -0.15) is 0 Å². The Kier molecular flexibility index (Phi) is 6.35. The standard InChI is InChI=1S/C17H19FN2O4S/c1-25(22,23)20-14-7-4-6-13(12-14)17(21)19-10-5-11-24-16-9-3-2-8-15(16)18/h2-4,6-9,12,20H,5,10-11H2,1H3,(H,19,21). The van der Waals surface area contributed by atoms with E-state index in [2.05, 4.69) is 10.0 Å². The zero-order valence-corrected chi connectivity index (χ0v) is 14.5.